The van der Waals surface area contributed by atoms with Crippen molar-refractivity contribution in [2.45, 2.75) is 469 Å². The summed E-state index contributed by atoms with van der Waals surface area (Å²) < 4.78 is 5.52. The van der Waals surface area contributed by atoms with Gasteiger partial charge in [-0.2, -0.15) is 0 Å². The monoisotopic (exact) mass is 1220 g/mol. The van der Waals surface area contributed by atoms with Gasteiger partial charge in [-0.15, -0.1) is 0 Å². The first-order valence-corrected chi connectivity index (χ1v) is 40.1. The molecule has 2 unspecified atom stereocenters. The van der Waals surface area contributed by atoms with Gasteiger partial charge in [-0.25, -0.2) is 0 Å². The molecule has 0 saturated heterocycles. The topological polar surface area (TPSA) is 95.9 Å². The highest BCUT2D eigenvalue weighted by Gasteiger charge is 2.20. The van der Waals surface area contributed by atoms with E-state index >= 15 is 0 Å². The normalized spacial score (nSPS) is 12.6. The molecule has 0 radical (unpaired) electrons. The summed E-state index contributed by atoms with van der Waals surface area (Å²) in [7, 11) is 0. The minimum absolute atomic E-state index is 0.0201. The summed E-state index contributed by atoms with van der Waals surface area (Å²) in [6.45, 7) is 5.01. The van der Waals surface area contributed by atoms with Gasteiger partial charge >= 0.3 is 5.97 Å². The standard InChI is InChI=1S/C81H157NO5/c1-3-5-7-9-11-13-15-17-19-21-38-43-47-51-55-59-63-67-71-75-81(86)87-76-72-68-64-60-56-52-48-44-40-37-35-33-31-29-27-25-23-24-26-28-30-32-34-36-39-42-46-50-54-58-62-66-70-74-80(85)82-78(77-83)79(84)73-69-65-61-57-53-49-45-41-22-20-18-16-14-12-10-8-6-4-2/h27,29,33,35,78-79,83-84H,3-26,28,30-32,34,36-77H2,1-2H3,(H,82,85)/b29-27-,35-33-. The maximum atomic E-state index is 12.5. The Balaban J connectivity index is 3.36. The Labute approximate surface area is 545 Å². The van der Waals surface area contributed by atoms with Crippen LogP contribution < -0.4 is 5.32 Å². The van der Waals surface area contributed by atoms with Gasteiger partial charge in [0, 0.05) is 12.8 Å². The number of carbonyl (C=O) groups is 2. The van der Waals surface area contributed by atoms with Gasteiger partial charge in [0.1, 0.15) is 0 Å². The van der Waals surface area contributed by atoms with Crippen LogP contribution in [0.1, 0.15) is 457 Å². The predicted molar refractivity (Wildman–Crippen MR) is 384 cm³/mol. The average molecular weight is 1230 g/mol. The quantitative estimate of drug-likeness (QED) is 0.0320. The first-order chi connectivity index (χ1) is 43.0. The van der Waals surface area contributed by atoms with Crippen LogP contribution >= 0.6 is 0 Å². The fourth-order valence-electron chi connectivity index (χ4n) is 12.9. The number of carbonyl (C=O) groups excluding carboxylic acids is 2. The van der Waals surface area contributed by atoms with Gasteiger partial charge in [0.25, 0.3) is 0 Å². The van der Waals surface area contributed by atoms with Gasteiger partial charge < -0.3 is 20.3 Å². The molecule has 0 rings (SSSR count). The highest BCUT2D eigenvalue weighted by Crippen LogP contribution is 2.20. The molecule has 0 aromatic carbocycles. The molecule has 0 heterocycles. The number of hydrogen-bond acceptors (Lipinski definition) is 5. The number of aliphatic hydroxyl groups is 2. The molecule has 1 amide bonds. The van der Waals surface area contributed by atoms with Crippen molar-refractivity contribution in [3.63, 3.8) is 0 Å². The molecule has 0 bridgehead atoms. The molecule has 0 spiro atoms. The first kappa shape index (κ1) is 85.3. The lowest BCUT2D eigenvalue weighted by Gasteiger charge is -2.22. The van der Waals surface area contributed by atoms with E-state index in [1.165, 1.54) is 379 Å². The van der Waals surface area contributed by atoms with E-state index in [0.29, 0.717) is 25.9 Å². The lowest BCUT2D eigenvalue weighted by molar-refractivity contribution is -0.143. The van der Waals surface area contributed by atoms with Gasteiger partial charge in [0.2, 0.25) is 5.91 Å². The predicted octanol–water partition coefficient (Wildman–Crippen LogP) is 26.4. The van der Waals surface area contributed by atoms with Crippen LogP contribution in [0.3, 0.4) is 0 Å². The zero-order valence-corrected chi connectivity index (χ0v) is 59.3. The number of unbranched alkanes of at least 4 members (excludes halogenated alkanes) is 61. The fourth-order valence-corrected chi connectivity index (χ4v) is 12.9. The van der Waals surface area contributed by atoms with Crippen LogP contribution in [-0.2, 0) is 14.3 Å². The zero-order chi connectivity index (χ0) is 62.8. The SMILES string of the molecule is CCCCCCCCCCCCCCCCCCCCCC(=O)OCCCCCCCCCCC/C=C\C/C=C\CCCCCCCCCCCCCCCCCCCC(=O)NC(CO)C(O)CCCCCCCCCCCCCCCCCCCC. The number of esters is 1. The maximum absolute atomic E-state index is 12.5. The molecular formula is C81H157NO5. The number of allylic oxidation sites excluding steroid dienone is 4. The molecule has 2 atom stereocenters. The fraction of sp³-hybridized carbons (Fsp3) is 0.926. The Morgan fingerprint density at radius 2 is 0.575 bits per heavy atom. The van der Waals surface area contributed by atoms with Crippen molar-refractivity contribution < 1.29 is 24.5 Å². The van der Waals surface area contributed by atoms with Crippen molar-refractivity contribution in [3.8, 4) is 0 Å². The smallest absolute Gasteiger partial charge is 0.305 e. The summed E-state index contributed by atoms with van der Waals surface area (Å²) in [6, 6.07) is -0.540. The second kappa shape index (κ2) is 76.8. The molecule has 0 aromatic heterocycles. The Morgan fingerprint density at radius 3 is 0.874 bits per heavy atom. The molecular weight excluding hydrogens is 1070 g/mol. The summed E-state index contributed by atoms with van der Waals surface area (Å²) >= 11 is 0. The summed E-state index contributed by atoms with van der Waals surface area (Å²) in [5.74, 6) is -0.00844. The van der Waals surface area contributed by atoms with Crippen molar-refractivity contribution in [1.29, 1.82) is 0 Å². The van der Waals surface area contributed by atoms with E-state index in [1.54, 1.807) is 0 Å². The van der Waals surface area contributed by atoms with Crippen LogP contribution in [0.15, 0.2) is 24.3 Å². The van der Waals surface area contributed by atoms with E-state index in [9.17, 15) is 19.8 Å². The number of hydrogen-bond donors (Lipinski definition) is 3. The van der Waals surface area contributed by atoms with Crippen LogP contribution in [0.4, 0.5) is 0 Å². The number of amides is 1. The molecule has 0 saturated carbocycles. The Kier molecular flexibility index (Phi) is 75.3. The van der Waals surface area contributed by atoms with E-state index in [0.717, 1.165) is 44.9 Å². The van der Waals surface area contributed by atoms with Crippen LogP contribution in [0.5, 0.6) is 0 Å². The van der Waals surface area contributed by atoms with Crippen molar-refractivity contribution in [1.82, 2.24) is 5.32 Å². The number of aliphatic hydroxyl groups excluding tert-OH is 2. The number of nitrogens with one attached hydrogen (secondary N) is 1. The van der Waals surface area contributed by atoms with E-state index in [4.69, 9.17) is 4.74 Å². The third-order valence-electron chi connectivity index (χ3n) is 19.0. The summed E-state index contributed by atoms with van der Waals surface area (Å²) in [5.41, 5.74) is 0. The van der Waals surface area contributed by atoms with Crippen molar-refractivity contribution in [3.05, 3.63) is 24.3 Å². The Hall–Kier alpha value is -1.66. The second-order valence-corrected chi connectivity index (χ2v) is 27.8. The van der Waals surface area contributed by atoms with Crippen LogP contribution in [0, 0.1) is 0 Å². The summed E-state index contributed by atoms with van der Waals surface area (Å²) in [6.07, 6.45) is 98.4. The van der Waals surface area contributed by atoms with Gasteiger partial charge in [-0.05, 0) is 57.8 Å². The molecule has 0 aromatic rings. The summed E-state index contributed by atoms with van der Waals surface area (Å²) in [4.78, 5) is 24.7. The van der Waals surface area contributed by atoms with Gasteiger partial charge in [0.05, 0.1) is 25.4 Å². The molecule has 6 nitrogen and oxygen atoms in total. The zero-order valence-electron chi connectivity index (χ0n) is 59.3. The second-order valence-electron chi connectivity index (χ2n) is 27.8. The summed E-state index contributed by atoms with van der Waals surface area (Å²) in [5, 5.41) is 23.4. The lowest BCUT2D eigenvalue weighted by atomic mass is 10.0. The number of ether oxygens (including phenoxy) is 1. The molecule has 0 fully saturated rings. The highest BCUT2D eigenvalue weighted by atomic mass is 16.5. The van der Waals surface area contributed by atoms with E-state index in [-0.39, 0.29) is 18.5 Å². The number of rotatable bonds is 76. The first-order valence-electron chi connectivity index (χ1n) is 40.1. The van der Waals surface area contributed by atoms with E-state index in [2.05, 4.69) is 43.5 Å². The molecule has 0 aliphatic rings. The van der Waals surface area contributed by atoms with Gasteiger partial charge in [-0.3, -0.25) is 9.59 Å². The van der Waals surface area contributed by atoms with Crippen molar-refractivity contribution >= 4 is 11.9 Å². The third kappa shape index (κ3) is 73.3. The minimum Gasteiger partial charge on any atom is -0.466 e. The lowest BCUT2D eigenvalue weighted by Crippen LogP contribution is -2.45. The average Bonchev–Trinajstić information content (AvgIpc) is 3.59. The van der Waals surface area contributed by atoms with E-state index < -0.39 is 12.1 Å². The van der Waals surface area contributed by atoms with Crippen LogP contribution in [0.2, 0.25) is 0 Å². The maximum Gasteiger partial charge on any atom is 0.305 e. The molecule has 87 heavy (non-hydrogen) atoms. The molecule has 3 N–H and O–H groups in total. The molecule has 6 heteroatoms. The Morgan fingerprint density at radius 1 is 0.322 bits per heavy atom. The minimum atomic E-state index is -0.663. The molecule has 0 aliphatic carbocycles. The van der Waals surface area contributed by atoms with Crippen LogP contribution in [-0.4, -0.2) is 47.4 Å². The van der Waals surface area contributed by atoms with Crippen molar-refractivity contribution in [2.75, 3.05) is 13.2 Å². The third-order valence-corrected chi connectivity index (χ3v) is 19.0. The van der Waals surface area contributed by atoms with Crippen LogP contribution in [0.25, 0.3) is 0 Å². The highest BCUT2D eigenvalue weighted by molar-refractivity contribution is 5.76. The van der Waals surface area contributed by atoms with E-state index in [1.807, 2.05) is 0 Å². The van der Waals surface area contributed by atoms with Crippen molar-refractivity contribution in [2.24, 2.45) is 0 Å². The van der Waals surface area contributed by atoms with Gasteiger partial charge in [0.15, 0.2) is 0 Å². The largest absolute Gasteiger partial charge is 0.466 e. The Bertz CT molecular complexity index is 1360. The van der Waals surface area contributed by atoms with Gasteiger partial charge in [-0.1, -0.05) is 411 Å². The molecule has 516 valence electrons. The molecule has 0 aliphatic heterocycles.